The number of benzene rings is 2. The molecule has 0 bridgehead atoms. The van der Waals surface area contributed by atoms with Gasteiger partial charge in [0.2, 0.25) is 0 Å². The van der Waals surface area contributed by atoms with E-state index in [1.165, 1.54) is 39.4 Å². The number of hydrogen-bond acceptors (Lipinski definition) is 5. The van der Waals surface area contributed by atoms with Crippen LogP contribution in [0.2, 0.25) is 5.02 Å². The van der Waals surface area contributed by atoms with E-state index in [0.29, 0.717) is 17.1 Å². The number of carbonyl (C=O) groups is 2. The van der Waals surface area contributed by atoms with Crippen molar-refractivity contribution in [3.05, 3.63) is 58.9 Å². The molecule has 1 atom stereocenters. The number of rotatable bonds is 7. The van der Waals surface area contributed by atoms with Crippen molar-refractivity contribution < 1.29 is 28.2 Å². The van der Waals surface area contributed by atoms with Crippen LogP contribution >= 0.6 is 11.6 Å². The van der Waals surface area contributed by atoms with Crippen molar-refractivity contribution in [2.75, 3.05) is 19.5 Å². The summed E-state index contributed by atoms with van der Waals surface area (Å²) in [7, 11) is 3.03. The molecule has 0 aliphatic heterocycles. The first kappa shape index (κ1) is 21.2. The molecule has 148 valence electrons. The lowest BCUT2D eigenvalue weighted by molar-refractivity contribution is -0.148. The van der Waals surface area contributed by atoms with Gasteiger partial charge in [-0.15, -0.1) is 0 Å². The van der Waals surface area contributed by atoms with Gasteiger partial charge in [0.25, 0.3) is 5.91 Å². The molecule has 2 rings (SSSR count). The quantitative estimate of drug-likeness (QED) is 0.553. The zero-order chi connectivity index (χ0) is 20.7. The van der Waals surface area contributed by atoms with Crippen LogP contribution in [0.1, 0.15) is 12.5 Å². The molecule has 0 aliphatic rings. The molecule has 0 heterocycles. The molecular formula is C20H19ClFNO5. The van der Waals surface area contributed by atoms with Crippen molar-refractivity contribution in [1.29, 1.82) is 0 Å². The molecule has 8 heteroatoms. The van der Waals surface area contributed by atoms with E-state index in [1.54, 1.807) is 18.2 Å². The topological polar surface area (TPSA) is 73.9 Å². The maximum Gasteiger partial charge on any atom is 0.331 e. The number of nitrogens with one attached hydrogen (secondary N) is 1. The van der Waals surface area contributed by atoms with Crippen molar-refractivity contribution >= 4 is 35.2 Å². The minimum atomic E-state index is -1.08. The summed E-state index contributed by atoms with van der Waals surface area (Å²) in [5.41, 5.74) is 0.904. The highest BCUT2D eigenvalue weighted by Crippen LogP contribution is 2.28. The molecule has 2 aromatic carbocycles. The number of ether oxygens (including phenoxy) is 3. The molecule has 6 nitrogen and oxygen atoms in total. The standard InChI is InChI=1S/C20H19ClFNO5/c1-12(20(25)23-16-7-6-14(22)11-15(16)21)28-19(24)9-5-13-4-8-17(26-2)18(10-13)27-3/h4-12H,1-3H3,(H,23,25)/b9-5+/t12-/m0/s1. The molecule has 0 saturated carbocycles. The fourth-order valence-corrected chi connectivity index (χ4v) is 2.43. The maximum absolute atomic E-state index is 13.0. The van der Waals surface area contributed by atoms with E-state index < -0.39 is 23.8 Å². The van der Waals surface area contributed by atoms with Gasteiger partial charge in [-0.1, -0.05) is 17.7 Å². The van der Waals surface area contributed by atoms with Crippen LogP contribution in [-0.4, -0.2) is 32.2 Å². The third kappa shape index (κ3) is 5.72. The minimum Gasteiger partial charge on any atom is -0.493 e. The van der Waals surface area contributed by atoms with Gasteiger partial charge in [0, 0.05) is 6.08 Å². The summed E-state index contributed by atoms with van der Waals surface area (Å²) in [4.78, 5) is 24.1. The van der Waals surface area contributed by atoms with Gasteiger partial charge >= 0.3 is 5.97 Å². The van der Waals surface area contributed by atoms with Crippen molar-refractivity contribution in [1.82, 2.24) is 0 Å². The first-order chi connectivity index (χ1) is 13.3. The number of amides is 1. The van der Waals surface area contributed by atoms with Crippen LogP contribution in [0.15, 0.2) is 42.5 Å². The molecule has 0 aromatic heterocycles. The molecular weight excluding hydrogens is 389 g/mol. The van der Waals surface area contributed by atoms with E-state index in [0.717, 1.165) is 12.1 Å². The third-order valence-corrected chi connectivity index (χ3v) is 3.98. The van der Waals surface area contributed by atoms with Crippen molar-refractivity contribution in [2.24, 2.45) is 0 Å². The van der Waals surface area contributed by atoms with Crippen LogP contribution in [0.25, 0.3) is 6.08 Å². The van der Waals surface area contributed by atoms with Gasteiger partial charge < -0.3 is 19.5 Å². The maximum atomic E-state index is 13.0. The largest absolute Gasteiger partial charge is 0.493 e. The fourth-order valence-electron chi connectivity index (χ4n) is 2.21. The number of carbonyl (C=O) groups excluding carboxylic acids is 2. The van der Waals surface area contributed by atoms with Gasteiger partial charge in [0.1, 0.15) is 5.82 Å². The third-order valence-electron chi connectivity index (χ3n) is 3.67. The van der Waals surface area contributed by atoms with Crippen LogP contribution < -0.4 is 14.8 Å². The lowest BCUT2D eigenvalue weighted by Crippen LogP contribution is -2.29. The summed E-state index contributed by atoms with van der Waals surface area (Å²) in [6, 6.07) is 8.67. The first-order valence-corrected chi connectivity index (χ1v) is 8.58. The van der Waals surface area contributed by atoms with E-state index in [1.807, 2.05) is 0 Å². The smallest absolute Gasteiger partial charge is 0.331 e. The van der Waals surface area contributed by atoms with Crippen LogP contribution in [-0.2, 0) is 14.3 Å². The van der Waals surface area contributed by atoms with Gasteiger partial charge in [-0.2, -0.15) is 0 Å². The molecule has 2 aromatic rings. The van der Waals surface area contributed by atoms with Gasteiger partial charge in [-0.25, -0.2) is 9.18 Å². The highest BCUT2D eigenvalue weighted by molar-refractivity contribution is 6.33. The molecule has 1 N–H and O–H groups in total. The number of anilines is 1. The monoisotopic (exact) mass is 407 g/mol. The zero-order valence-corrected chi connectivity index (χ0v) is 16.2. The van der Waals surface area contributed by atoms with Crippen LogP contribution in [0.5, 0.6) is 11.5 Å². The Labute approximate surface area is 166 Å². The fraction of sp³-hybridized carbons (Fsp3) is 0.200. The number of esters is 1. The Morgan fingerprint density at radius 3 is 2.46 bits per heavy atom. The molecule has 28 heavy (non-hydrogen) atoms. The molecule has 0 radical (unpaired) electrons. The minimum absolute atomic E-state index is 0.0419. The summed E-state index contributed by atoms with van der Waals surface area (Å²) in [5.74, 6) is -0.749. The molecule has 0 saturated heterocycles. The Bertz CT molecular complexity index is 900. The average Bonchev–Trinajstić information content (AvgIpc) is 2.68. The highest BCUT2D eigenvalue weighted by atomic mass is 35.5. The van der Waals surface area contributed by atoms with E-state index in [2.05, 4.69) is 5.32 Å². The van der Waals surface area contributed by atoms with Crippen molar-refractivity contribution in [2.45, 2.75) is 13.0 Å². The summed E-state index contributed by atoms with van der Waals surface area (Å²) in [5, 5.41) is 2.52. The molecule has 0 fully saturated rings. The highest BCUT2D eigenvalue weighted by Gasteiger charge is 2.18. The lowest BCUT2D eigenvalue weighted by Gasteiger charge is -2.13. The second-order valence-corrected chi connectivity index (χ2v) is 6.05. The molecule has 0 unspecified atom stereocenters. The van der Waals surface area contributed by atoms with E-state index in [-0.39, 0.29) is 10.7 Å². The summed E-state index contributed by atoms with van der Waals surface area (Å²) in [6.45, 7) is 1.41. The number of methoxy groups -OCH3 is 2. The number of hydrogen-bond donors (Lipinski definition) is 1. The molecule has 0 aliphatic carbocycles. The van der Waals surface area contributed by atoms with E-state index in [4.69, 9.17) is 25.8 Å². The van der Waals surface area contributed by atoms with Crippen LogP contribution in [0.3, 0.4) is 0 Å². The SMILES string of the molecule is COc1ccc(/C=C/C(=O)O[C@@H](C)C(=O)Nc2ccc(F)cc2Cl)cc1OC. The Morgan fingerprint density at radius 1 is 1.11 bits per heavy atom. The first-order valence-electron chi connectivity index (χ1n) is 8.20. The predicted octanol–water partition coefficient (Wildman–Crippen LogP) is 4.08. The summed E-state index contributed by atoms with van der Waals surface area (Å²) in [6.07, 6.45) is 1.63. The van der Waals surface area contributed by atoms with Gasteiger partial charge in [-0.3, -0.25) is 4.79 Å². The Hall–Kier alpha value is -3.06. The van der Waals surface area contributed by atoms with Crippen molar-refractivity contribution in [3.8, 4) is 11.5 Å². The van der Waals surface area contributed by atoms with E-state index >= 15 is 0 Å². The van der Waals surface area contributed by atoms with Crippen LogP contribution in [0.4, 0.5) is 10.1 Å². The second-order valence-electron chi connectivity index (χ2n) is 5.64. The molecule has 0 spiro atoms. The summed E-state index contributed by atoms with van der Waals surface area (Å²) >= 11 is 5.86. The lowest BCUT2D eigenvalue weighted by atomic mass is 10.2. The Kier molecular flexibility index (Phi) is 7.40. The predicted molar refractivity (Wildman–Crippen MR) is 104 cm³/mol. The number of halogens is 2. The average molecular weight is 408 g/mol. The van der Waals surface area contributed by atoms with Gasteiger partial charge in [-0.05, 0) is 48.9 Å². The van der Waals surface area contributed by atoms with Gasteiger partial charge in [0.05, 0.1) is 24.9 Å². The zero-order valence-electron chi connectivity index (χ0n) is 15.5. The van der Waals surface area contributed by atoms with Crippen molar-refractivity contribution in [3.63, 3.8) is 0 Å². The summed E-state index contributed by atoms with van der Waals surface area (Å²) < 4.78 is 28.4. The normalized spacial score (nSPS) is 11.8. The van der Waals surface area contributed by atoms with Gasteiger partial charge in [0.15, 0.2) is 17.6 Å². The Morgan fingerprint density at radius 2 is 1.82 bits per heavy atom. The van der Waals surface area contributed by atoms with Crippen LogP contribution in [0, 0.1) is 5.82 Å². The van der Waals surface area contributed by atoms with E-state index in [9.17, 15) is 14.0 Å². The Balaban J connectivity index is 1.96. The second kappa shape index (κ2) is 9.75. The molecule has 1 amide bonds.